The van der Waals surface area contributed by atoms with Crippen molar-refractivity contribution in [3.05, 3.63) is 71.8 Å². The number of rotatable bonds is 5. The van der Waals surface area contributed by atoms with Gasteiger partial charge in [-0.2, -0.15) is 0 Å². The molecule has 154 valence electrons. The Labute approximate surface area is 181 Å². The molecule has 3 aromatic carbocycles. The molecular weight excluding hydrogens is 394 g/mol. The molecule has 1 aliphatic heterocycles. The molecule has 0 radical (unpaired) electrons. The number of hydrogen-bond donors (Lipinski definition) is 0. The van der Waals surface area contributed by atoms with Crippen LogP contribution in [0.3, 0.4) is 0 Å². The molecule has 1 amide bonds. The topological polar surface area (TPSA) is 38.8 Å². The van der Waals surface area contributed by atoms with Gasteiger partial charge >= 0.3 is 0 Å². The van der Waals surface area contributed by atoms with Gasteiger partial charge in [-0.1, -0.05) is 37.7 Å². The molecule has 0 saturated heterocycles. The number of nitrogens with zero attached hydrogens (tertiary/aromatic N) is 1. The van der Waals surface area contributed by atoms with Crippen LogP contribution in [0.1, 0.15) is 42.1 Å². The molecule has 1 atom stereocenters. The van der Waals surface area contributed by atoms with Crippen molar-refractivity contribution < 1.29 is 14.3 Å². The first-order chi connectivity index (χ1) is 14.5. The number of benzene rings is 3. The van der Waals surface area contributed by atoms with Gasteiger partial charge in [0.2, 0.25) is 0 Å². The van der Waals surface area contributed by atoms with E-state index in [1.807, 2.05) is 48.5 Å². The fourth-order valence-electron chi connectivity index (χ4n) is 3.56. The van der Waals surface area contributed by atoms with Crippen LogP contribution >= 0.6 is 11.8 Å². The van der Waals surface area contributed by atoms with Crippen LogP contribution in [0, 0.1) is 0 Å². The summed E-state index contributed by atoms with van der Waals surface area (Å²) in [5.41, 5.74) is 3.62. The van der Waals surface area contributed by atoms with Gasteiger partial charge in [-0.3, -0.25) is 9.69 Å². The van der Waals surface area contributed by atoms with Crippen molar-refractivity contribution in [2.75, 3.05) is 19.1 Å². The Balaban J connectivity index is 1.79. The quantitative estimate of drug-likeness (QED) is 0.463. The average molecular weight is 420 g/mol. The standard InChI is InChI=1S/C25H25NO3S/c1-5-16(2)17-6-8-18(9-7-17)25(27)26-21-12-10-19(28-3)14-23(21)30-24-15-20(29-4)11-13-22(24)26/h6-16H,5H2,1-4H3. The third-order valence-corrected chi connectivity index (χ3v) is 6.67. The third-order valence-electron chi connectivity index (χ3n) is 5.58. The number of methoxy groups -OCH3 is 2. The molecule has 0 N–H and O–H groups in total. The zero-order valence-electron chi connectivity index (χ0n) is 17.6. The van der Waals surface area contributed by atoms with Crippen molar-refractivity contribution in [2.24, 2.45) is 0 Å². The summed E-state index contributed by atoms with van der Waals surface area (Å²) in [5.74, 6) is 1.95. The van der Waals surface area contributed by atoms with E-state index in [9.17, 15) is 4.79 Å². The molecule has 4 rings (SSSR count). The van der Waals surface area contributed by atoms with Gasteiger partial charge in [-0.05, 0) is 66.4 Å². The first kappa shape index (κ1) is 20.4. The highest BCUT2D eigenvalue weighted by atomic mass is 32.2. The minimum Gasteiger partial charge on any atom is -0.497 e. The van der Waals surface area contributed by atoms with Crippen LogP contribution in [-0.2, 0) is 0 Å². The van der Waals surface area contributed by atoms with Crippen LogP contribution in [0.2, 0.25) is 0 Å². The van der Waals surface area contributed by atoms with Crippen LogP contribution in [0.25, 0.3) is 0 Å². The van der Waals surface area contributed by atoms with E-state index in [1.54, 1.807) is 30.9 Å². The molecule has 0 aliphatic carbocycles. The Kier molecular flexibility index (Phi) is 5.73. The summed E-state index contributed by atoms with van der Waals surface area (Å²) < 4.78 is 10.8. The number of carbonyl (C=O) groups is 1. The predicted octanol–water partition coefficient (Wildman–Crippen LogP) is 6.66. The van der Waals surface area contributed by atoms with E-state index in [2.05, 4.69) is 26.0 Å². The Bertz CT molecular complexity index is 1020. The maximum Gasteiger partial charge on any atom is 0.262 e. The Hall–Kier alpha value is -2.92. The lowest BCUT2D eigenvalue weighted by atomic mass is 9.97. The van der Waals surface area contributed by atoms with Gasteiger partial charge in [0.1, 0.15) is 11.5 Å². The van der Waals surface area contributed by atoms with Gasteiger partial charge in [0.15, 0.2) is 0 Å². The first-order valence-corrected chi connectivity index (χ1v) is 10.9. The van der Waals surface area contributed by atoms with E-state index >= 15 is 0 Å². The Morgan fingerprint density at radius 3 is 1.90 bits per heavy atom. The van der Waals surface area contributed by atoms with E-state index in [1.165, 1.54) is 5.56 Å². The molecular formula is C25H25NO3S. The number of carbonyl (C=O) groups excluding carboxylic acids is 1. The molecule has 1 heterocycles. The number of ether oxygens (including phenoxy) is 2. The summed E-state index contributed by atoms with van der Waals surface area (Å²) in [5, 5.41) is 0. The lowest BCUT2D eigenvalue weighted by Gasteiger charge is -2.31. The minimum absolute atomic E-state index is 0.0520. The molecule has 0 saturated carbocycles. The maximum atomic E-state index is 13.6. The summed E-state index contributed by atoms with van der Waals surface area (Å²) >= 11 is 1.61. The van der Waals surface area contributed by atoms with E-state index in [-0.39, 0.29) is 5.91 Å². The van der Waals surface area contributed by atoms with Crippen molar-refractivity contribution in [2.45, 2.75) is 36.0 Å². The molecule has 0 bridgehead atoms. The van der Waals surface area contributed by atoms with Gasteiger partial charge in [0.05, 0.1) is 25.6 Å². The molecule has 1 aliphatic rings. The third kappa shape index (κ3) is 3.65. The first-order valence-electron chi connectivity index (χ1n) is 10.0. The van der Waals surface area contributed by atoms with Crippen molar-refractivity contribution >= 4 is 29.0 Å². The minimum atomic E-state index is -0.0520. The molecule has 0 aromatic heterocycles. The van der Waals surface area contributed by atoms with Crippen molar-refractivity contribution in [1.29, 1.82) is 0 Å². The molecule has 5 heteroatoms. The van der Waals surface area contributed by atoms with Gasteiger partial charge in [-0.25, -0.2) is 0 Å². The summed E-state index contributed by atoms with van der Waals surface area (Å²) in [6, 6.07) is 19.6. The summed E-state index contributed by atoms with van der Waals surface area (Å²) in [7, 11) is 3.29. The molecule has 0 fully saturated rings. The van der Waals surface area contributed by atoms with Crippen molar-refractivity contribution in [1.82, 2.24) is 0 Å². The van der Waals surface area contributed by atoms with E-state index in [4.69, 9.17) is 9.47 Å². The van der Waals surface area contributed by atoms with Crippen LogP contribution < -0.4 is 14.4 Å². The highest BCUT2D eigenvalue weighted by Crippen LogP contribution is 2.50. The van der Waals surface area contributed by atoms with Crippen molar-refractivity contribution in [3.63, 3.8) is 0 Å². The van der Waals surface area contributed by atoms with E-state index in [0.29, 0.717) is 11.5 Å². The molecule has 30 heavy (non-hydrogen) atoms. The van der Waals surface area contributed by atoms with Gasteiger partial charge in [0.25, 0.3) is 5.91 Å². The van der Waals surface area contributed by atoms with Crippen LogP contribution in [-0.4, -0.2) is 20.1 Å². The zero-order chi connectivity index (χ0) is 21.3. The average Bonchev–Trinajstić information content (AvgIpc) is 2.80. The second-order valence-corrected chi connectivity index (χ2v) is 8.43. The van der Waals surface area contributed by atoms with Crippen LogP contribution in [0.4, 0.5) is 11.4 Å². The molecule has 1 unspecified atom stereocenters. The summed E-state index contributed by atoms with van der Waals surface area (Å²) in [6.07, 6.45) is 1.07. The SMILES string of the molecule is CCC(C)c1ccc(C(=O)N2c3ccc(OC)cc3Sc3cc(OC)ccc32)cc1. The smallest absolute Gasteiger partial charge is 0.262 e. The fourth-order valence-corrected chi connectivity index (χ4v) is 4.68. The molecule has 0 spiro atoms. The van der Waals surface area contributed by atoms with Crippen LogP contribution in [0.15, 0.2) is 70.5 Å². The largest absolute Gasteiger partial charge is 0.497 e. The highest BCUT2D eigenvalue weighted by Gasteiger charge is 2.30. The molecule has 4 nitrogen and oxygen atoms in total. The number of anilines is 2. The van der Waals surface area contributed by atoms with Crippen molar-refractivity contribution in [3.8, 4) is 11.5 Å². The molecule has 3 aromatic rings. The second kappa shape index (κ2) is 8.44. The maximum absolute atomic E-state index is 13.6. The number of amides is 1. The summed E-state index contributed by atoms with van der Waals surface area (Å²) in [6.45, 7) is 4.37. The summed E-state index contributed by atoms with van der Waals surface area (Å²) in [4.78, 5) is 17.4. The predicted molar refractivity (Wildman–Crippen MR) is 122 cm³/mol. The van der Waals surface area contributed by atoms with Gasteiger partial charge in [0, 0.05) is 15.4 Å². The van der Waals surface area contributed by atoms with E-state index in [0.717, 1.165) is 39.1 Å². The van der Waals surface area contributed by atoms with Gasteiger partial charge < -0.3 is 9.47 Å². The second-order valence-electron chi connectivity index (χ2n) is 7.34. The lowest BCUT2D eigenvalue weighted by molar-refractivity contribution is 0.0998. The monoisotopic (exact) mass is 419 g/mol. The van der Waals surface area contributed by atoms with E-state index < -0.39 is 0 Å². The van der Waals surface area contributed by atoms with Gasteiger partial charge in [-0.15, -0.1) is 0 Å². The Morgan fingerprint density at radius 1 is 0.900 bits per heavy atom. The fraction of sp³-hybridized carbons (Fsp3) is 0.240. The highest BCUT2D eigenvalue weighted by molar-refractivity contribution is 7.99. The zero-order valence-corrected chi connectivity index (χ0v) is 18.5. The normalized spacial score (nSPS) is 13.3. The Morgan fingerprint density at radius 2 is 1.43 bits per heavy atom. The lowest BCUT2D eigenvalue weighted by Crippen LogP contribution is -2.28. The number of hydrogen-bond acceptors (Lipinski definition) is 4. The number of fused-ring (bicyclic) bond motifs is 2. The van der Waals surface area contributed by atoms with Crippen LogP contribution in [0.5, 0.6) is 11.5 Å².